The number of ether oxygens (including phenoxy) is 1. The first-order valence-electron chi connectivity index (χ1n) is 6.05. The zero-order chi connectivity index (χ0) is 10.8. The summed E-state index contributed by atoms with van der Waals surface area (Å²) in [6, 6.07) is 0.684. The maximum Gasteiger partial charge on any atom is 0.0830 e. The molecule has 0 amide bonds. The average Bonchev–Trinajstić information content (AvgIpc) is 2.03. The molecule has 3 rings (SSSR count). The summed E-state index contributed by atoms with van der Waals surface area (Å²) in [6.07, 6.45) is 1.72. The molecule has 0 aromatic rings. The van der Waals surface area contributed by atoms with E-state index in [1.54, 1.807) is 0 Å². The van der Waals surface area contributed by atoms with Crippen molar-refractivity contribution >= 4 is 0 Å². The predicted octanol–water partition coefficient (Wildman–Crippen LogP) is 1.15. The molecule has 0 spiro atoms. The first kappa shape index (κ1) is 10.1. The third kappa shape index (κ3) is 1.07. The van der Waals surface area contributed by atoms with Crippen molar-refractivity contribution < 1.29 is 4.74 Å². The van der Waals surface area contributed by atoms with Crippen molar-refractivity contribution in [2.75, 3.05) is 26.7 Å². The van der Waals surface area contributed by atoms with Gasteiger partial charge in [0.15, 0.2) is 0 Å². The van der Waals surface area contributed by atoms with Gasteiger partial charge in [-0.05, 0) is 18.9 Å². The second-order valence-electron chi connectivity index (χ2n) is 6.41. The zero-order valence-corrected chi connectivity index (χ0v) is 10.3. The van der Waals surface area contributed by atoms with Gasteiger partial charge in [-0.3, -0.25) is 9.80 Å². The van der Waals surface area contributed by atoms with Gasteiger partial charge in [0, 0.05) is 19.1 Å². The fourth-order valence-corrected chi connectivity index (χ4v) is 3.97. The Kier molecular flexibility index (Phi) is 1.85. The first-order valence-corrected chi connectivity index (χ1v) is 6.05. The number of nitrogens with zero attached hydrogens (tertiary/aromatic N) is 2. The van der Waals surface area contributed by atoms with Gasteiger partial charge in [0.1, 0.15) is 0 Å². The Morgan fingerprint density at radius 3 is 2.67 bits per heavy atom. The Labute approximate surface area is 92.4 Å². The molecule has 0 aromatic carbocycles. The number of hydrogen-bond acceptors (Lipinski definition) is 3. The molecule has 3 fully saturated rings. The van der Waals surface area contributed by atoms with Gasteiger partial charge in [-0.2, -0.15) is 0 Å². The van der Waals surface area contributed by atoms with Crippen LogP contribution in [0.3, 0.4) is 0 Å². The predicted molar refractivity (Wildman–Crippen MR) is 59.7 cm³/mol. The van der Waals surface area contributed by atoms with E-state index in [9.17, 15) is 0 Å². The van der Waals surface area contributed by atoms with Crippen LogP contribution in [-0.4, -0.2) is 54.4 Å². The molecule has 3 heterocycles. The largest absolute Gasteiger partial charge is 0.374 e. The Morgan fingerprint density at radius 2 is 2.00 bits per heavy atom. The number of rotatable bonds is 0. The maximum absolute atomic E-state index is 5.84. The highest BCUT2D eigenvalue weighted by atomic mass is 16.5. The van der Waals surface area contributed by atoms with E-state index < -0.39 is 0 Å². The van der Waals surface area contributed by atoms with E-state index >= 15 is 0 Å². The molecule has 0 radical (unpaired) electrons. The van der Waals surface area contributed by atoms with Crippen LogP contribution in [-0.2, 0) is 4.74 Å². The molecular formula is C12H22N2O. The van der Waals surface area contributed by atoms with Crippen LogP contribution >= 0.6 is 0 Å². The maximum atomic E-state index is 5.84. The van der Waals surface area contributed by atoms with Crippen molar-refractivity contribution in [2.24, 2.45) is 5.41 Å². The fraction of sp³-hybridized carbons (Fsp3) is 1.00. The SMILES string of the molecule is CN1CC2CN3C(CO2)CC13C(C)(C)C. The van der Waals surface area contributed by atoms with E-state index in [2.05, 4.69) is 37.6 Å². The molecular weight excluding hydrogens is 188 g/mol. The molecule has 3 atom stereocenters. The quantitative estimate of drug-likeness (QED) is 0.596. The third-order valence-corrected chi connectivity index (χ3v) is 4.67. The van der Waals surface area contributed by atoms with Crippen LogP contribution in [0, 0.1) is 5.41 Å². The molecule has 3 saturated heterocycles. The molecule has 0 aromatic heterocycles. The van der Waals surface area contributed by atoms with E-state index in [4.69, 9.17) is 4.74 Å². The highest BCUT2D eigenvalue weighted by molar-refractivity contribution is 5.15. The highest BCUT2D eigenvalue weighted by Gasteiger charge is 2.64. The van der Waals surface area contributed by atoms with Crippen molar-refractivity contribution in [3.8, 4) is 0 Å². The van der Waals surface area contributed by atoms with Gasteiger partial charge in [0.25, 0.3) is 0 Å². The van der Waals surface area contributed by atoms with Crippen molar-refractivity contribution in [3.63, 3.8) is 0 Å². The van der Waals surface area contributed by atoms with Gasteiger partial charge in [0.2, 0.25) is 0 Å². The van der Waals surface area contributed by atoms with Gasteiger partial charge in [-0.15, -0.1) is 0 Å². The Balaban J connectivity index is 1.97. The molecule has 0 N–H and O–H groups in total. The standard InChI is InChI=1S/C12H22N2O/c1-11(2,3)12-5-9-8-15-10(6-13(12)4)7-14(9)12/h9-10H,5-8H2,1-4H3. The van der Waals surface area contributed by atoms with Crippen LogP contribution < -0.4 is 0 Å². The summed E-state index contributed by atoms with van der Waals surface area (Å²) in [6.45, 7) is 10.3. The van der Waals surface area contributed by atoms with Crippen LogP contribution in [0.4, 0.5) is 0 Å². The van der Waals surface area contributed by atoms with Gasteiger partial charge in [-0.25, -0.2) is 0 Å². The summed E-state index contributed by atoms with van der Waals surface area (Å²) >= 11 is 0. The van der Waals surface area contributed by atoms with E-state index in [1.807, 2.05) is 0 Å². The van der Waals surface area contributed by atoms with Crippen LogP contribution in [0.5, 0.6) is 0 Å². The van der Waals surface area contributed by atoms with Crippen LogP contribution in [0.2, 0.25) is 0 Å². The van der Waals surface area contributed by atoms with Crippen molar-refractivity contribution in [1.29, 1.82) is 0 Å². The Morgan fingerprint density at radius 1 is 1.27 bits per heavy atom. The van der Waals surface area contributed by atoms with Gasteiger partial charge in [0.05, 0.1) is 18.4 Å². The van der Waals surface area contributed by atoms with Crippen molar-refractivity contribution in [1.82, 2.24) is 9.80 Å². The number of hydrogen-bond donors (Lipinski definition) is 0. The van der Waals surface area contributed by atoms with Crippen LogP contribution in [0.25, 0.3) is 0 Å². The normalized spacial score (nSPS) is 46.4. The molecule has 2 bridgehead atoms. The van der Waals surface area contributed by atoms with Crippen molar-refractivity contribution in [3.05, 3.63) is 0 Å². The number of likely N-dealkylation sites (N-methyl/N-ethyl adjacent to an activating group) is 1. The van der Waals surface area contributed by atoms with Gasteiger partial charge < -0.3 is 4.74 Å². The lowest BCUT2D eigenvalue weighted by molar-refractivity contribution is -0.302. The minimum absolute atomic E-state index is 0.304. The van der Waals surface area contributed by atoms with Crippen LogP contribution in [0.15, 0.2) is 0 Å². The van der Waals surface area contributed by atoms with E-state index in [0.717, 1.165) is 19.7 Å². The minimum Gasteiger partial charge on any atom is -0.374 e. The Hall–Kier alpha value is -0.120. The van der Waals surface area contributed by atoms with E-state index in [0.29, 0.717) is 23.2 Å². The summed E-state index contributed by atoms with van der Waals surface area (Å²) in [5, 5.41) is 0. The molecule has 0 saturated carbocycles. The summed E-state index contributed by atoms with van der Waals surface area (Å²) in [5.41, 5.74) is 0.637. The van der Waals surface area contributed by atoms with Crippen LogP contribution in [0.1, 0.15) is 27.2 Å². The second kappa shape index (κ2) is 2.76. The number of fused-ring (bicyclic) bond motifs is 1. The summed E-state index contributed by atoms with van der Waals surface area (Å²) < 4.78 is 5.84. The molecule has 15 heavy (non-hydrogen) atoms. The Bertz CT molecular complexity index is 284. The molecule has 3 nitrogen and oxygen atoms in total. The number of morpholine rings is 1. The summed E-state index contributed by atoms with van der Waals surface area (Å²) in [7, 11) is 2.26. The third-order valence-electron chi connectivity index (χ3n) is 4.67. The monoisotopic (exact) mass is 210 g/mol. The lowest BCUT2D eigenvalue weighted by Crippen LogP contribution is -2.84. The first-order chi connectivity index (χ1) is 6.95. The molecule has 0 aliphatic carbocycles. The van der Waals surface area contributed by atoms with Gasteiger partial charge >= 0.3 is 0 Å². The molecule has 86 valence electrons. The second-order valence-corrected chi connectivity index (χ2v) is 6.41. The zero-order valence-electron chi connectivity index (χ0n) is 10.3. The molecule has 3 unspecified atom stereocenters. The fourth-order valence-electron chi connectivity index (χ4n) is 3.97. The van der Waals surface area contributed by atoms with E-state index in [-0.39, 0.29) is 0 Å². The summed E-state index contributed by atoms with van der Waals surface area (Å²) in [5.74, 6) is 0. The lowest BCUT2D eigenvalue weighted by Gasteiger charge is -2.72. The highest BCUT2D eigenvalue weighted by Crippen LogP contribution is 2.53. The average molecular weight is 210 g/mol. The summed E-state index contributed by atoms with van der Waals surface area (Å²) in [4.78, 5) is 5.21. The minimum atomic E-state index is 0.304. The van der Waals surface area contributed by atoms with Gasteiger partial charge in [-0.1, -0.05) is 20.8 Å². The van der Waals surface area contributed by atoms with Crippen molar-refractivity contribution in [2.45, 2.75) is 45.0 Å². The topological polar surface area (TPSA) is 15.7 Å². The molecule has 3 heteroatoms. The smallest absolute Gasteiger partial charge is 0.0830 e. The van der Waals surface area contributed by atoms with E-state index in [1.165, 1.54) is 6.42 Å². The molecule has 3 aliphatic rings. The lowest BCUT2D eigenvalue weighted by atomic mass is 9.66. The molecule has 3 aliphatic heterocycles.